The number of rotatable bonds is 10. The number of benzene rings is 1. The molecule has 1 aromatic rings. The number of ether oxygens (including phenoxy) is 3. The summed E-state index contributed by atoms with van der Waals surface area (Å²) in [6.07, 6.45) is 4.93. The molecule has 23 heavy (non-hydrogen) atoms. The molecule has 1 unspecified atom stereocenters. The summed E-state index contributed by atoms with van der Waals surface area (Å²) < 4.78 is 16.3. The van der Waals surface area contributed by atoms with Crippen LogP contribution in [0.15, 0.2) is 36.1 Å². The molecule has 1 aromatic carbocycles. The fourth-order valence-electron chi connectivity index (χ4n) is 2.37. The average Bonchev–Trinajstić information content (AvgIpc) is 2.59. The lowest BCUT2D eigenvalue weighted by atomic mass is 10.1. The van der Waals surface area contributed by atoms with Crippen molar-refractivity contribution in [3.8, 4) is 0 Å². The Morgan fingerprint density at radius 3 is 2.26 bits per heavy atom. The van der Waals surface area contributed by atoms with E-state index < -0.39 is 5.97 Å². The van der Waals surface area contributed by atoms with E-state index in [0.29, 0.717) is 5.76 Å². The molecule has 4 heteroatoms. The first-order valence-electron chi connectivity index (χ1n) is 8.26. The highest BCUT2D eigenvalue weighted by atomic mass is 16.6. The van der Waals surface area contributed by atoms with Gasteiger partial charge in [-0.1, -0.05) is 57.0 Å². The van der Waals surface area contributed by atoms with E-state index in [-0.39, 0.29) is 11.9 Å². The van der Waals surface area contributed by atoms with Crippen LogP contribution in [0, 0.1) is 0 Å². The quantitative estimate of drug-likeness (QED) is 0.274. The Hall–Kier alpha value is -1.97. The molecule has 1 rings (SSSR count). The molecule has 0 aliphatic rings. The third kappa shape index (κ3) is 5.97. The van der Waals surface area contributed by atoms with Crippen LogP contribution in [0.4, 0.5) is 0 Å². The van der Waals surface area contributed by atoms with Gasteiger partial charge in [0.2, 0.25) is 5.76 Å². The van der Waals surface area contributed by atoms with Gasteiger partial charge in [-0.3, -0.25) is 0 Å². The molecule has 0 fully saturated rings. The van der Waals surface area contributed by atoms with Crippen molar-refractivity contribution in [3.63, 3.8) is 0 Å². The monoisotopic (exact) mass is 320 g/mol. The predicted octanol–water partition coefficient (Wildman–Crippen LogP) is 4.55. The van der Waals surface area contributed by atoms with Crippen LogP contribution in [0.25, 0.3) is 5.76 Å². The van der Waals surface area contributed by atoms with Crippen molar-refractivity contribution in [1.82, 2.24) is 0 Å². The first kappa shape index (κ1) is 19.1. The Balaban J connectivity index is 2.89. The zero-order chi connectivity index (χ0) is 17.1. The van der Waals surface area contributed by atoms with Crippen molar-refractivity contribution < 1.29 is 19.0 Å². The number of methoxy groups -OCH3 is 2. The van der Waals surface area contributed by atoms with Gasteiger partial charge < -0.3 is 14.2 Å². The summed E-state index contributed by atoms with van der Waals surface area (Å²) in [6, 6.07) is 9.40. The van der Waals surface area contributed by atoms with E-state index in [4.69, 9.17) is 14.2 Å². The Labute approximate surface area is 139 Å². The van der Waals surface area contributed by atoms with Crippen molar-refractivity contribution in [2.24, 2.45) is 0 Å². The van der Waals surface area contributed by atoms with Crippen LogP contribution in [0.2, 0.25) is 0 Å². The van der Waals surface area contributed by atoms with Crippen LogP contribution in [0.1, 0.15) is 51.5 Å². The van der Waals surface area contributed by atoms with Gasteiger partial charge in [-0.15, -0.1) is 0 Å². The zero-order valence-electron chi connectivity index (χ0n) is 14.6. The molecule has 128 valence electrons. The molecule has 4 nitrogen and oxygen atoms in total. The van der Waals surface area contributed by atoms with Gasteiger partial charge in [-0.2, -0.15) is 0 Å². The van der Waals surface area contributed by atoms with Crippen LogP contribution in [-0.4, -0.2) is 26.3 Å². The fraction of sp³-hybridized carbons (Fsp3) is 0.526. The molecule has 0 amide bonds. The van der Waals surface area contributed by atoms with Gasteiger partial charge in [0.15, 0.2) is 5.76 Å². The Bertz CT molecular complexity index is 493. The number of esters is 1. The molecule has 0 saturated heterocycles. The highest BCUT2D eigenvalue weighted by Crippen LogP contribution is 2.22. The number of hydrogen-bond acceptors (Lipinski definition) is 4. The van der Waals surface area contributed by atoms with Crippen molar-refractivity contribution >= 4 is 11.7 Å². The standard InChI is InChI=1S/C19H28O4/c1-5-7-9-14-16(6-2)23-19(20)18(22-4)17(21-3)15-12-10-8-11-13-15/h8,10-13,16H,5-7,9,14H2,1-4H3. The number of carbonyl (C=O) groups excluding carboxylic acids is 1. The lowest BCUT2D eigenvalue weighted by molar-refractivity contribution is -0.148. The van der Waals surface area contributed by atoms with E-state index in [1.165, 1.54) is 14.2 Å². The number of carbonyl (C=O) groups is 1. The highest BCUT2D eigenvalue weighted by Gasteiger charge is 2.23. The third-order valence-electron chi connectivity index (χ3n) is 3.69. The molecule has 0 aromatic heterocycles. The average molecular weight is 320 g/mol. The second-order valence-corrected chi connectivity index (χ2v) is 5.36. The van der Waals surface area contributed by atoms with Crippen LogP contribution in [0.3, 0.4) is 0 Å². The zero-order valence-corrected chi connectivity index (χ0v) is 14.6. The number of hydrogen-bond donors (Lipinski definition) is 0. The fourth-order valence-corrected chi connectivity index (χ4v) is 2.37. The molecule has 0 bridgehead atoms. The van der Waals surface area contributed by atoms with Gasteiger partial charge in [-0.25, -0.2) is 4.79 Å². The van der Waals surface area contributed by atoms with E-state index >= 15 is 0 Å². The summed E-state index contributed by atoms with van der Waals surface area (Å²) in [5.41, 5.74) is 0.780. The molecule has 0 radical (unpaired) electrons. The highest BCUT2D eigenvalue weighted by molar-refractivity contribution is 5.94. The SMILES string of the molecule is CCCCCC(CC)OC(=O)C(OC)=C(OC)c1ccccc1. The minimum absolute atomic E-state index is 0.0897. The van der Waals surface area contributed by atoms with Crippen LogP contribution >= 0.6 is 0 Å². The minimum Gasteiger partial charge on any atom is -0.492 e. The van der Waals surface area contributed by atoms with E-state index in [9.17, 15) is 4.79 Å². The summed E-state index contributed by atoms with van der Waals surface area (Å²) >= 11 is 0. The Morgan fingerprint density at radius 2 is 1.74 bits per heavy atom. The van der Waals surface area contributed by atoms with E-state index in [2.05, 4.69) is 6.92 Å². The second-order valence-electron chi connectivity index (χ2n) is 5.36. The van der Waals surface area contributed by atoms with Crippen molar-refractivity contribution in [2.45, 2.75) is 52.1 Å². The van der Waals surface area contributed by atoms with Gasteiger partial charge in [-0.05, 0) is 19.3 Å². The molecule has 0 heterocycles. The summed E-state index contributed by atoms with van der Waals surface area (Å²) in [5.74, 6) is 0.0192. The number of unbranched alkanes of at least 4 members (excludes halogenated alkanes) is 2. The van der Waals surface area contributed by atoms with E-state index in [1.54, 1.807) is 0 Å². The normalized spacial score (nSPS) is 13.0. The smallest absolute Gasteiger partial charge is 0.377 e. The predicted molar refractivity (Wildman–Crippen MR) is 91.7 cm³/mol. The lowest BCUT2D eigenvalue weighted by Gasteiger charge is -2.18. The molecule has 0 saturated carbocycles. The maximum Gasteiger partial charge on any atom is 0.377 e. The Morgan fingerprint density at radius 1 is 1.04 bits per heavy atom. The molecular weight excluding hydrogens is 292 g/mol. The molecular formula is C19H28O4. The van der Waals surface area contributed by atoms with Crippen molar-refractivity contribution in [1.29, 1.82) is 0 Å². The molecule has 0 spiro atoms. The van der Waals surface area contributed by atoms with Gasteiger partial charge >= 0.3 is 5.97 Å². The maximum atomic E-state index is 12.5. The largest absolute Gasteiger partial charge is 0.492 e. The first-order chi connectivity index (χ1) is 11.2. The van der Waals surface area contributed by atoms with Gasteiger partial charge in [0.25, 0.3) is 0 Å². The van der Waals surface area contributed by atoms with Crippen LogP contribution in [0.5, 0.6) is 0 Å². The topological polar surface area (TPSA) is 44.8 Å². The van der Waals surface area contributed by atoms with Gasteiger partial charge in [0.1, 0.15) is 6.10 Å². The maximum absolute atomic E-state index is 12.5. The first-order valence-corrected chi connectivity index (χ1v) is 8.26. The van der Waals surface area contributed by atoms with E-state index in [1.807, 2.05) is 37.3 Å². The summed E-state index contributed by atoms with van der Waals surface area (Å²) in [4.78, 5) is 12.5. The minimum atomic E-state index is -0.475. The van der Waals surface area contributed by atoms with Gasteiger partial charge in [0, 0.05) is 5.56 Å². The van der Waals surface area contributed by atoms with E-state index in [0.717, 1.165) is 37.7 Å². The van der Waals surface area contributed by atoms with Crippen LogP contribution < -0.4 is 0 Å². The summed E-state index contributed by atoms with van der Waals surface area (Å²) in [7, 11) is 2.98. The molecule has 0 aliphatic carbocycles. The lowest BCUT2D eigenvalue weighted by Crippen LogP contribution is -2.21. The molecule has 0 aliphatic heterocycles. The molecule has 1 atom stereocenters. The third-order valence-corrected chi connectivity index (χ3v) is 3.69. The summed E-state index contributed by atoms with van der Waals surface area (Å²) in [6.45, 7) is 4.18. The Kier molecular flexibility index (Phi) is 8.88. The van der Waals surface area contributed by atoms with Crippen LogP contribution in [-0.2, 0) is 19.0 Å². The molecule has 0 N–H and O–H groups in total. The summed E-state index contributed by atoms with van der Waals surface area (Å²) in [5, 5.41) is 0. The van der Waals surface area contributed by atoms with Gasteiger partial charge in [0.05, 0.1) is 14.2 Å². The van der Waals surface area contributed by atoms with Crippen molar-refractivity contribution in [3.05, 3.63) is 41.7 Å². The second kappa shape index (κ2) is 10.7. The van der Waals surface area contributed by atoms with Crippen molar-refractivity contribution in [2.75, 3.05) is 14.2 Å².